The molecule has 6 aliphatic rings. The standard InChI is InChI=1S/C17H25NO3.C6H9ClO.3C5H10.C4H8N2O.2CH4.6CH3.3Fe/c1-17(18-2,11-15(19)13-7-3-4-8-13)12-21-16(20)14-9-5-6-10-14;7-6(8)5-3-1-2-4-5;3*1-2-4-5-3-1;1-4(5,3-7)6-2;;;;;;;;;;;/h13-14H,3-12H2,1H3;5H,1-4H2;3*1-5H2;7H,3,5H2,1H3;2*1H4;6*1H3;;;/q;;;;;;;;6*-1;3*+2. The fourth-order valence-corrected chi connectivity index (χ4v) is 7.45. The second-order valence-corrected chi connectivity index (χ2v) is 16.4. The molecule has 0 aliphatic heterocycles. The minimum atomic E-state index is -1.07. The van der Waals surface area contributed by atoms with Crippen LogP contribution in [0.1, 0.15) is 208 Å². The normalized spacial score (nSPS) is 18.2. The molecule has 2 unspecified atom stereocenters. The molecule has 6 fully saturated rings. The van der Waals surface area contributed by atoms with Crippen LogP contribution in [0.5, 0.6) is 0 Å². The average molecular weight is 1020 g/mol. The number of halogens is 1. The number of nitrogens with two attached hydrogens (primary N) is 1. The number of esters is 1. The number of hydrogen-bond donors (Lipinski definition) is 2. The number of hydrogen-bond acceptors (Lipinski definition) is 6. The topological polar surface area (TPSA) is 115 Å². The van der Waals surface area contributed by atoms with Gasteiger partial charge in [-0.15, -0.1) is 0 Å². The van der Waals surface area contributed by atoms with Crippen LogP contribution in [-0.4, -0.2) is 46.5 Å². The molecule has 6 rings (SSSR count). The van der Waals surface area contributed by atoms with Gasteiger partial charge in [-0.3, -0.25) is 25.0 Å². The molecule has 0 aromatic rings. The molecule has 3 N–H and O–H groups in total. The Bertz CT molecular complexity index is 997. The Morgan fingerprint density at radius 1 is 0.565 bits per heavy atom. The van der Waals surface area contributed by atoms with Gasteiger partial charge < -0.3 is 59.2 Å². The van der Waals surface area contributed by atoms with Crippen molar-refractivity contribution in [2.45, 2.75) is 220 Å². The van der Waals surface area contributed by atoms with Crippen LogP contribution in [0.3, 0.4) is 0 Å². The molecule has 0 aromatic carbocycles. The number of nitrogens with zero attached hydrogens (tertiary/aromatic N) is 2. The first-order chi connectivity index (χ1) is 24.5. The molecule has 0 amide bonds. The van der Waals surface area contributed by atoms with Gasteiger partial charge in [0.1, 0.15) is 12.4 Å². The molecule has 374 valence electrons. The minimum Gasteiger partial charge on any atom is -0.457 e. The van der Waals surface area contributed by atoms with Gasteiger partial charge in [0.05, 0.1) is 12.3 Å². The van der Waals surface area contributed by atoms with Gasteiger partial charge in [0.15, 0.2) is 6.61 Å². The Hall–Kier alpha value is -0.442. The van der Waals surface area contributed by atoms with Gasteiger partial charge >= 0.3 is 62.8 Å². The van der Waals surface area contributed by atoms with Gasteiger partial charge in [-0.05, 0) is 50.1 Å². The maximum atomic E-state index is 12.2. The predicted molar refractivity (Wildman–Crippen MR) is 260 cm³/mol. The van der Waals surface area contributed by atoms with E-state index in [4.69, 9.17) is 40.3 Å². The molecule has 0 heterocycles. The van der Waals surface area contributed by atoms with Crippen molar-refractivity contribution in [2.75, 3.05) is 13.2 Å². The largest absolute Gasteiger partial charge is 2.00 e. The van der Waals surface area contributed by atoms with E-state index in [-0.39, 0.29) is 165 Å². The van der Waals surface area contributed by atoms with E-state index in [1.165, 1.54) is 116 Å². The zero-order valence-corrected chi connectivity index (χ0v) is 43.5. The van der Waals surface area contributed by atoms with E-state index in [9.17, 15) is 14.4 Å². The number of aliphatic hydroxyl groups excluding tert-OH is 1. The second kappa shape index (κ2) is 54.9. The summed E-state index contributed by atoms with van der Waals surface area (Å²) in [6, 6.07) is 0. The van der Waals surface area contributed by atoms with Crippen molar-refractivity contribution in [3.63, 3.8) is 0 Å². The van der Waals surface area contributed by atoms with Crippen LogP contribution in [0.2, 0.25) is 0 Å². The Morgan fingerprint density at radius 2 is 0.839 bits per heavy atom. The van der Waals surface area contributed by atoms with Crippen LogP contribution in [0.25, 0.3) is 9.69 Å². The fourth-order valence-electron chi connectivity index (χ4n) is 7.24. The summed E-state index contributed by atoms with van der Waals surface area (Å²) in [6.07, 6.45) is 35.2. The third-order valence-corrected chi connectivity index (χ3v) is 11.2. The van der Waals surface area contributed by atoms with Crippen LogP contribution < -0.4 is 5.73 Å². The number of ether oxygens (including phenoxy) is 1. The molecule has 0 bridgehead atoms. The van der Waals surface area contributed by atoms with E-state index in [0.717, 1.165) is 64.2 Å². The number of carbonyl (C=O) groups excluding carboxylic acids is 3. The zero-order chi connectivity index (χ0) is 37.8. The monoisotopic (exact) mass is 1020 g/mol. The number of carbonyl (C=O) groups is 3. The molecule has 2 atom stereocenters. The van der Waals surface area contributed by atoms with Gasteiger partial charge in [-0.25, -0.2) is 13.1 Å². The molecule has 0 aromatic heterocycles. The van der Waals surface area contributed by atoms with Crippen molar-refractivity contribution in [3.8, 4) is 0 Å². The molecule has 62 heavy (non-hydrogen) atoms. The summed E-state index contributed by atoms with van der Waals surface area (Å²) in [5.74, 6) is 0.303. The summed E-state index contributed by atoms with van der Waals surface area (Å²) in [7, 11) is 0. The second-order valence-electron chi connectivity index (χ2n) is 16.0. The van der Waals surface area contributed by atoms with Gasteiger partial charge in [-0.1, -0.05) is 150 Å². The van der Waals surface area contributed by atoms with E-state index < -0.39 is 11.2 Å². The molecule has 12 heteroatoms. The van der Waals surface area contributed by atoms with Crippen molar-refractivity contribution >= 4 is 28.6 Å². The zero-order valence-electron chi connectivity index (χ0n) is 39.4. The van der Waals surface area contributed by atoms with Crippen LogP contribution in [0.4, 0.5) is 0 Å². The minimum absolute atomic E-state index is 0. The Labute approximate surface area is 425 Å². The molecule has 6 saturated carbocycles. The van der Waals surface area contributed by atoms with Gasteiger partial charge in [0.2, 0.25) is 5.24 Å². The van der Waals surface area contributed by atoms with Crippen LogP contribution in [0.15, 0.2) is 0 Å². The molecular formula is C50H98ClFe3N3O5. The maximum absolute atomic E-state index is 12.2. The number of ketones is 1. The summed E-state index contributed by atoms with van der Waals surface area (Å²) in [5.41, 5.74) is 3.15. The third-order valence-electron chi connectivity index (χ3n) is 10.9. The predicted octanol–water partition coefficient (Wildman–Crippen LogP) is 14.9. The number of Topliss-reactive ketones (excluding diaryl/α,β-unsaturated/α-hetero) is 1. The Balaban J connectivity index is -0.0000000599. The van der Waals surface area contributed by atoms with E-state index in [1.54, 1.807) is 6.92 Å². The maximum Gasteiger partial charge on any atom is 2.00 e. The van der Waals surface area contributed by atoms with Crippen molar-refractivity contribution in [1.29, 1.82) is 0 Å². The number of rotatable bonds is 8. The molecule has 0 saturated heterocycles. The summed E-state index contributed by atoms with van der Waals surface area (Å²) in [4.78, 5) is 41.1. The van der Waals surface area contributed by atoms with Crippen molar-refractivity contribution in [2.24, 2.45) is 23.5 Å². The van der Waals surface area contributed by atoms with E-state index in [0.29, 0.717) is 0 Å². The SMILES string of the molecule is C.C.C1CCCC1.C1CCCC1.C1CCCC1.O=C(Cl)C1CCCC1.[C-]#[N+]C(C)(COC(=O)C1CCCC1)CC(=O)C1CCCC1.[C-]#[N+]C(C)(N)CO.[CH3-].[CH3-].[CH3-].[CH3-].[CH3-].[CH3-].[Fe+2].[Fe+2].[Fe+2]. The average Bonchev–Trinajstić information content (AvgIpc) is 4.00. The quantitative estimate of drug-likeness (QED) is 0.108. The first-order valence-electron chi connectivity index (χ1n) is 20.5. The summed E-state index contributed by atoms with van der Waals surface area (Å²) in [5, 5.41) is 8.12. The van der Waals surface area contributed by atoms with Gasteiger partial charge in [0.25, 0.3) is 5.54 Å². The van der Waals surface area contributed by atoms with E-state index in [2.05, 4.69) is 9.69 Å². The van der Waals surface area contributed by atoms with Crippen LogP contribution in [-0.2, 0) is 70.3 Å². The van der Waals surface area contributed by atoms with Crippen molar-refractivity contribution < 1.29 is 75.4 Å². The summed E-state index contributed by atoms with van der Waals surface area (Å²) < 4.78 is 5.34. The fraction of sp³-hybridized carbons (Fsp3) is 0.780. The van der Waals surface area contributed by atoms with E-state index in [1.807, 2.05) is 0 Å². The van der Waals surface area contributed by atoms with Gasteiger partial charge in [0, 0.05) is 25.7 Å². The molecule has 0 radical (unpaired) electrons. The number of aliphatic hydroxyl groups is 1. The first kappa shape index (κ1) is 88.3. The summed E-state index contributed by atoms with van der Waals surface area (Å²) >= 11 is 5.25. The van der Waals surface area contributed by atoms with Crippen molar-refractivity contribution in [3.05, 3.63) is 67.4 Å². The molecular weight excluding hydrogens is 926 g/mol. The third kappa shape index (κ3) is 44.7. The first-order valence-corrected chi connectivity index (χ1v) is 20.9. The van der Waals surface area contributed by atoms with Gasteiger partial charge in [-0.2, -0.15) is 0 Å². The summed E-state index contributed by atoms with van der Waals surface area (Å²) in [6.45, 7) is 16.7. The van der Waals surface area contributed by atoms with E-state index >= 15 is 0 Å². The molecule has 6 aliphatic carbocycles. The molecule has 0 spiro atoms. The van der Waals surface area contributed by atoms with Crippen molar-refractivity contribution in [1.82, 2.24) is 0 Å². The Morgan fingerprint density at radius 3 is 1.05 bits per heavy atom. The van der Waals surface area contributed by atoms with Crippen LogP contribution in [0, 0.1) is 75.5 Å². The smallest absolute Gasteiger partial charge is 0.457 e. The Kier molecular flexibility index (Phi) is 78.2. The van der Waals surface area contributed by atoms with Crippen LogP contribution >= 0.6 is 11.6 Å². The molecule has 8 nitrogen and oxygen atoms in total.